The molecule has 1 unspecified atom stereocenters. The third kappa shape index (κ3) is 3.97. The van der Waals surface area contributed by atoms with E-state index in [1.54, 1.807) is 29.7 Å². The molecule has 0 saturated carbocycles. The number of rotatable bonds is 5. The van der Waals surface area contributed by atoms with Gasteiger partial charge in [0.15, 0.2) is 5.13 Å². The minimum atomic E-state index is 0.316. The molecule has 1 atom stereocenters. The minimum Gasteiger partial charge on any atom is -0.316 e. The molecule has 1 saturated heterocycles. The molecule has 136 valence electrons. The molecule has 0 aromatic carbocycles. The second kappa shape index (κ2) is 7.82. The first-order valence-corrected chi connectivity index (χ1v) is 9.84. The van der Waals surface area contributed by atoms with Crippen LogP contribution in [0, 0.1) is 18.3 Å². The first kappa shape index (κ1) is 17.6. The summed E-state index contributed by atoms with van der Waals surface area (Å²) in [5.74, 6) is 0.641. The molecule has 27 heavy (non-hydrogen) atoms. The van der Waals surface area contributed by atoms with Crippen LogP contribution in [0.2, 0.25) is 0 Å². The third-order valence-corrected chi connectivity index (χ3v) is 5.60. The van der Waals surface area contributed by atoms with E-state index in [2.05, 4.69) is 44.6 Å². The maximum absolute atomic E-state index is 9.02. The molecule has 1 aliphatic rings. The SMILES string of the molecule is Cc1cccnc1CN1CCCC1c1csc(Nc2cc(C#N)ccn2)n1. The zero-order chi connectivity index (χ0) is 18.6. The summed E-state index contributed by atoms with van der Waals surface area (Å²) in [6, 6.07) is 9.95. The van der Waals surface area contributed by atoms with E-state index in [-0.39, 0.29) is 0 Å². The Morgan fingerprint density at radius 3 is 3.11 bits per heavy atom. The van der Waals surface area contributed by atoms with Gasteiger partial charge >= 0.3 is 0 Å². The van der Waals surface area contributed by atoms with Crippen molar-refractivity contribution in [1.29, 1.82) is 5.26 Å². The van der Waals surface area contributed by atoms with Crippen molar-refractivity contribution < 1.29 is 0 Å². The quantitative estimate of drug-likeness (QED) is 0.719. The Morgan fingerprint density at radius 1 is 1.33 bits per heavy atom. The normalized spacial score (nSPS) is 17.0. The second-order valence-electron chi connectivity index (χ2n) is 6.64. The Balaban J connectivity index is 1.48. The number of aromatic nitrogens is 3. The number of aryl methyl sites for hydroxylation is 1. The highest BCUT2D eigenvalue weighted by molar-refractivity contribution is 7.13. The summed E-state index contributed by atoms with van der Waals surface area (Å²) in [7, 11) is 0. The van der Waals surface area contributed by atoms with Crippen LogP contribution in [0.5, 0.6) is 0 Å². The Morgan fingerprint density at radius 2 is 2.26 bits per heavy atom. The maximum Gasteiger partial charge on any atom is 0.188 e. The first-order valence-electron chi connectivity index (χ1n) is 8.96. The van der Waals surface area contributed by atoms with Crippen LogP contribution in [0.25, 0.3) is 0 Å². The Hall–Kier alpha value is -2.82. The van der Waals surface area contributed by atoms with Crippen LogP contribution in [0.4, 0.5) is 10.9 Å². The van der Waals surface area contributed by atoms with E-state index in [1.807, 2.05) is 12.3 Å². The number of hydrogen-bond donors (Lipinski definition) is 1. The Labute approximate surface area is 162 Å². The summed E-state index contributed by atoms with van der Waals surface area (Å²) in [6.45, 7) is 4.02. The first-order chi connectivity index (χ1) is 13.2. The van der Waals surface area contributed by atoms with Crippen molar-refractivity contribution in [1.82, 2.24) is 19.9 Å². The standard InChI is InChI=1S/C20H20N6S/c1-14-4-2-7-22-16(14)12-26-9-3-5-18(26)17-13-27-20(24-17)25-19-10-15(11-21)6-8-23-19/h2,4,6-8,10,13,18H,3,5,9,12H2,1H3,(H,23,24,25). The predicted octanol–water partition coefficient (Wildman–Crippen LogP) is 4.19. The van der Waals surface area contributed by atoms with Gasteiger partial charge in [-0.25, -0.2) is 9.97 Å². The number of nitrogens with one attached hydrogen (secondary N) is 1. The number of anilines is 2. The predicted molar refractivity (Wildman–Crippen MR) is 106 cm³/mol. The van der Waals surface area contributed by atoms with Crippen molar-refractivity contribution in [3.05, 3.63) is 64.6 Å². The largest absolute Gasteiger partial charge is 0.316 e. The summed E-state index contributed by atoms with van der Waals surface area (Å²) in [5.41, 5.74) is 4.03. The fourth-order valence-corrected chi connectivity index (χ4v) is 4.17. The van der Waals surface area contributed by atoms with Crippen molar-refractivity contribution in [3.8, 4) is 6.07 Å². The molecule has 0 amide bonds. The van der Waals surface area contributed by atoms with Crippen molar-refractivity contribution >= 4 is 22.3 Å². The number of nitrogens with zero attached hydrogens (tertiary/aromatic N) is 5. The minimum absolute atomic E-state index is 0.316. The smallest absolute Gasteiger partial charge is 0.188 e. The summed E-state index contributed by atoms with van der Waals surface area (Å²) < 4.78 is 0. The Kier molecular flexibility index (Phi) is 5.10. The van der Waals surface area contributed by atoms with Gasteiger partial charge in [-0.05, 0) is 50.1 Å². The molecule has 4 heterocycles. The molecule has 1 aliphatic heterocycles. The van der Waals surface area contributed by atoms with Gasteiger partial charge in [0.05, 0.1) is 29.1 Å². The van der Waals surface area contributed by atoms with E-state index >= 15 is 0 Å². The zero-order valence-electron chi connectivity index (χ0n) is 15.1. The highest BCUT2D eigenvalue weighted by Crippen LogP contribution is 2.35. The van der Waals surface area contributed by atoms with E-state index in [1.165, 1.54) is 12.0 Å². The third-order valence-electron chi connectivity index (χ3n) is 4.82. The molecule has 3 aromatic rings. The maximum atomic E-state index is 9.02. The lowest BCUT2D eigenvalue weighted by atomic mass is 10.1. The molecule has 0 radical (unpaired) electrons. The monoisotopic (exact) mass is 376 g/mol. The average molecular weight is 376 g/mol. The van der Waals surface area contributed by atoms with Gasteiger partial charge in [0.2, 0.25) is 0 Å². The number of pyridine rings is 2. The van der Waals surface area contributed by atoms with Crippen LogP contribution in [-0.4, -0.2) is 26.4 Å². The van der Waals surface area contributed by atoms with Crippen molar-refractivity contribution in [2.45, 2.75) is 32.4 Å². The second-order valence-corrected chi connectivity index (χ2v) is 7.50. The highest BCUT2D eigenvalue weighted by Gasteiger charge is 2.28. The van der Waals surface area contributed by atoms with E-state index in [0.717, 1.165) is 36.0 Å². The van der Waals surface area contributed by atoms with Crippen LogP contribution in [0.15, 0.2) is 42.0 Å². The molecule has 0 spiro atoms. The lowest BCUT2D eigenvalue weighted by Gasteiger charge is -2.23. The number of nitriles is 1. The summed E-state index contributed by atoms with van der Waals surface area (Å²) in [5, 5.41) is 15.1. The van der Waals surface area contributed by atoms with Crippen LogP contribution in [0.1, 0.15) is 41.4 Å². The summed E-state index contributed by atoms with van der Waals surface area (Å²) in [4.78, 5) is 16.0. The van der Waals surface area contributed by atoms with E-state index in [9.17, 15) is 0 Å². The number of likely N-dealkylation sites (tertiary alicyclic amines) is 1. The molecule has 0 bridgehead atoms. The fraction of sp³-hybridized carbons (Fsp3) is 0.300. The molecule has 1 fully saturated rings. The zero-order valence-corrected chi connectivity index (χ0v) is 15.9. The van der Waals surface area contributed by atoms with Crippen LogP contribution < -0.4 is 5.32 Å². The number of hydrogen-bond acceptors (Lipinski definition) is 7. The highest BCUT2D eigenvalue weighted by atomic mass is 32.1. The van der Waals surface area contributed by atoms with Gasteiger partial charge in [0.25, 0.3) is 0 Å². The molecule has 0 aliphatic carbocycles. The number of thiazole rings is 1. The van der Waals surface area contributed by atoms with Crippen molar-refractivity contribution in [2.24, 2.45) is 0 Å². The van der Waals surface area contributed by atoms with E-state index in [0.29, 0.717) is 17.4 Å². The van der Waals surface area contributed by atoms with Gasteiger partial charge in [-0.3, -0.25) is 9.88 Å². The topological polar surface area (TPSA) is 77.7 Å². The van der Waals surface area contributed by atoms with Crippen LogP contribution in [-0.2, 0) is 6.54 Å². The van der Waals surface area contributed by atoms with Crippen molar-refractivity contribution in [3.63, 3.8) is 0 Å². The lowest BCUT2D eigenvalue weighted by molar-refractivity contribution is 0.242. The van der Waals surface area contributed by atoms with Gasteiger partial charge < -0.3 is 5.32 Å². The molecule has 7 heteroatoms. The van der Waals surface area contributed by atoms with Gasteiger partial charge in [0, 0.05) is 24.3 Å². The molecule has 3 aromatic heterocycles. The molecule has 4 rings (SSSR count). The van der Waals surface area contributed by atoms with Gasteiger partial charge in [0.1, 0.15) is 5.82 Å². The van der Waals surface area contributed by atoms with Gasteiger partial charge in [-0.2, -0.15) is 5.26 Å². The molecular weight excluding hydrogens is 356 g/mol. The van der Waals surface area contributed by atoms with Gasteiger partial charge in [-0.15, -0.1) is 11.3 Å². The van der Waals surface area contributed by atoms with E-state index < -0.39 is 0 Å². The summed E-state index contributed by atoms with van der Waals surface area (Å²) >= 11 is 1.57. The fourth-order valence-electron chi connectivity index (χ4n) is 3.40. The van der Waals surface area contributed by atoms with E-state index in [4.69, 9.17) is 10.2 Å². The molecular formula is C20H20N6S. The van der Waals surface area contributed by atoms with Crippen molar-refractivity contribution in [2.75, 3.05) is 11.9 Å². The molecule has 1 N–H and O–H groups in total. The summed E-state index contributed by atoms with van der Waals surface area (Å²) in [6.07, 6.45) is 5.77. The lowest BCUT2D eigenvalue weighted by Crippen LogP contribution is -2.24. The van der Waals surface area contributed by atoms with Gasteiger partial charge in [-0.1, -0.05) is 6.07 Å². The molecule has 6 nitrogen and oxygen atoms in total. The average Bonchev–Trinajstić information content (AvgIpc) is 3.33. The van der Waals surface area contributed by atoms with Crippen LogP contribution >= 0.6 is 11.3 Å². The Bertz CT molecular complexity index is 976. The van der Waals surface area contributed by atoms with Crippen LogP contribution in [0.3, 0.4) is 0 Å².